The summed E-state index contributed by atoms with van der Waals surface area (Å²) in [5, 5.41) is 17.5. The third-order valence-electron chi connectivity index (χ3n) is 5.54. The largest absolute Gasteiger partial charge is 0.461 e. The topological polar surface area (TPSA) is 111 Å². The van der Waals surface area contributed by atoms with Crippen LogP contribution in [0, 0.1) is 10.8 Å². The van der Waals surface area contributed by atoms with E-state index in [1.807, 2.05) is 38.4 Å². The molecule has 0 spiro atoms. The number of carbonyl (C=O) groups excluding carboxylic acids is 1. The molecule has 2 aliphatic heterocycles. The Morgan fingerprint density at radius 3 is 2.50 bits per heavy atom. The van der Waals surface area contributed by atoms with Crippen molar-refractivity contribution in [3.05, 3.63) is 70.8 Å². The first-order valence-corrected chi connectivity index (χ1v) is 10.7. The van der Waals surface area contributed by atoms with Gasteiger partial charge in [-0.05, 0) is 23.5 Å². The van der Waals surface area contributed by atoms with Gasteiger partial charge < -0.3 is 9.64 Å². The minimum atomic E-state index is -0.636. The van der Waals surface area contributed by atoms with Crippen LogP contribution in [0.2, 0.25) is 0 Å². The van der Waals surface area contributed by atoms with E-state index in [0.29, 0.717) is 11.4 Å². The highest BCUT2D eigenvalue weighted by Gasteiger charge is 2.35. The molecule has 0 aliphatic carbocycles. The molecular weight excluding hydrogens is 404 g/mol. The average molecular weight is 434 g/mol. The second-order valence-electron chi connectivity index (χ2n) is 8.93. The maximum atomic E-state index is 12.5. The van der Waals surface area contributed by atoms with E-state index in [0.717, 1.165) is 30.2 Å². The number of hydrogen-bond acceptors (Lipinski definition) is 6. The van der Waals surface area contributed by atoms with Gasteiger partial charge in [-0.25, -0.2) is 4.79 Å². The summed E-state index contributed by atoms with van der Waals surface area (Å²) in [5.74, 6) is 0.761. The lowest BCUT2D eigenvalue weighted by molar-refractivity contribution is -0.511. The third-order valence-corrected chi connectivity index (χ3v) is 5.54. The van der Waals surface area contributed by atoms with E-state index in [1.54, 1.807) is 13.1 Å². The number of aliphatic imine (C=N–C) groups is 1. The van der Waals surface area contributed by atoms with Gasteiger partial charge in [0.25, 0.3) is 0 Å². The van der Waals surface area contributed by atoms with E-state index >= 15 is 0 Å². The maximum Gasteiger partial charge on any atom is 0.356 e. The molecule has 4 rings (SSSR count). The minimum Gasteiger partial charge on any atom is -0.461 e. The van der Waals surface area contributed by atoms with Gasteiger partial charge >= 0.3 is 5.97 Å². The molecule has 2 aromatic rings. The molecule has 0 amide bonds. The van der Waals surface area contributed by atoms with E-state index in [4.69, 9.17) is 15.1 Å². The maximum absolute atomic E-state index is 12.5. The zero-order valence-corrected chi connectivity index (χ0v) is 18.9. The summed E-state index contributed by atoms with van der Waals surface area (Å²) in [6.07, 6.45) is 5.62. The van der Waals surface area contributed by atoms with Gasteiger partial charge in [0.2, 0.25) is 5.82 Å². The van der Waals surface area contributed by atoms with Crippen LogP contribution < -0.4 is 5.32 Å². The number of hydrogen-bond donors (Lipinski definition) is 3. The molecule has 8 nitrogen and oxygen atoms in total. The van der Waals surface area contributed by atoms with Gasteiger partial charge in [0.15, 0.2) is 5.71 Å². The first kappa shape index (κ1) is 21.7. The second-order valence-corrected chi connectivity index (χ2v) is 8.93. The number of H-pyrrole nitrogens is 1. The fraction of sp³-hybridized carbons (Fsp3) is 0.333. The number of nitrogens with two attached hydrogens (primary N) is 1. The molecular formula is C24H29N6O2+. The van der Waals surface area contributed by atoms with Gasteiger partial charge in [-0.15, -0.1) is 0 Å². The third kappa shape index (κ3) is 4.27. The smallest absolute Gasteiger partial charge is 0.356 e. The Morgan fingerprint density at radius 1 is 1.25 bits per heavy atom. The van der Waals surface area contributed by atoms with Crippen LogP contribution in [0.1, 0.15) is 44.4 Å². The normalized spacial score (nSPS) is 17.4. The van der Waals surface area contributed by atoms with E-state index in [-0.39, 0.29) is 12.3 Å². The van der Waals surface area contributed by atoms with Gasteiger partial charge in [0, 0.05) is 25.4 Å². The Hall–Kier alpha value is -3.52. The summed E-state index contributed by atoms with van der Waals surface area (Å²) in [4.78, 5) is 19.6. The first-order chi connectivity index (χ1) is 15.3. The molecule has 166 valence electrons. The van der Waals surface area contributed by atoms with Gasteiger partial charge in [0.1, 0.15) is 11.5 Å². The van der Waals surface area contributed by atoms with E-state index in [2.05, 4.69) is 39.4 Å². The van der Waals surface area contributed by atoms with Crippen LogP contribution in [0.4, 0.5) is 0 Å². The SMILES string of the molecule is CCOC(=O)C(=N)/C(=C1/N=C(N2Cc3ccccc3C2)C=C(c2cn[nH]c2)[NH2+]1)C(C)(C)C. The van der Waals surface area contributed by atoms with Gasteiger partial charge in [-0.1, -0.05) is 45.0 Å². The van der Waals surface area contributed by atoms with Crippen LogP contribution in [-0.2, 0) is 22.6 Å². The van der Waals surface area contributed by atoms with Crippen molar-refractivity contribution in [3.63, 3.8) is 0 Å². The predicted molar refractivity (Wildman–Crippen MR) is 122 cm³/mol. The number of carbonyl (C=O) groups is 1. The van der Waals surface area contributed by atoms with Crippen molar-refractivity contribution in [3.8, 4) is 0 Å². The highest BCUT2D eigenvalue weighted by molar-refractivity contribution is 6.42. The number of esters is 1. The molecule has 32 heavy (non-hydrogen) atoms. The molecule has 3 heterocycles. The van der Waals surface area contributed by atoms with Crippen LogP contribution in [0.5, 0.6) is 0 Å². The number of fused-ring (bicyclic) bond motifs is 1. The number of quaternary nitrogens is 1. The molecule has 0 atom stereocenters. The second kappa shape index (κ2) is 8.55. The number of rotatable bonds is 4. The number of aromatic nitrogens is 2. The van der Waals surface area contributed by atoms with E-state index in [1.165, 1.54) is 11.1 Å². The van der Waals surface area contributed by atoms with Crippen molar-refractivity contribution in [1.29, 1.82) is 5.41 Å². The van der Waals surface area contributed by atoms with Crippen molar-refractivity contribution in [2.24, 2.45) is 10.4 Å². The molecule has 1 aromatic heterocycles. The molecule has 0 unspecified atom stereocenters. The van der Waals surface area contributed by atoms with Crippen LogP contribution >= 0.6 is 0 Å². The van der Waals surface area contributed by atoms with Crippen molar-refractivity contribution in [1.82, 2.24) is 15.1 Å². The Balaban J connectivity index is 1.81. The Kier molecular flexibility index (Phi) is 5.80. The molecule has 0 fully saturated rings. The van der Waals surface area contributed by atoms with E-state index < -0.39 is 11.4 Å². The standard InChI is InChI=1S/C24H28N6O2/c1-5-32-23(31)21(25)20(24(2,3)4)22-28-18(17-11-26-27-12-17)10-19(29-22)30-13-15-8-6-7-9-16(15)14-30/h6-12,25,28H,5,13-14H2,1-4H3,(H,26,27)/p+1/b22-20-,25-21?. The predicted octanol–water partition coefficient (Wildman–Crippen LogP) is 2.58. The average Bonchev–Trinajstić information content (AvgIpc) is 3.43. The number of amidine groups is 1. The zero-order chi connectivity index (χ0) is 22.9. The van der Waals surface area contributed by atoms with Crippen LogP contribution in [-0.4, -0.2) is 39.2 Å². The molecule has 0 saturated heterocycles. The van der Waals surface area contributed by atoms with E-state index in [9.17, 15) is 4.79 Å². The van der Waals surface area contributed by atoms with Crippen LogP contribution in [0.25, 0.3) is 5.70 Å². The van der Waals surface area contributed by atoms with Gasteiger partial charge in [-0.2, -0.15) is 10.1 Å². The summed E-state index contributed by atoms with van der Waals surface area (Å²) in [7, 11) is 0. The fourth-order valence-electron chi connectivity index (χ4n) is 4.07. The Morgan fingerprint density at radius 2 is 1.94 bits per heavy atom. The van der Waals surface area contributed by atoms with Crippen LogP contribution in [0.3, 0.4) is 0 Å². The number of benzene rings is 1. The summed E-state index contributed by atoms with van der Waals surface area (Å²) in [5.41, 5.74) is 4.31. The number of ether oxygens (including phenoxy) is 1. The highest BCUT2D eigenvalue weighted by Crippen LogP contribution is 2.31. The molecule has 4 N–H and O–H groups in total. The Bertz CT molecular complexity index is 1110. The lowest BCUT2D eigenvalue weighted by atomic mass is 9.83. The summed E-state index contributed by atoms with van der Waals surface area (Å²) >= 11 is 0. The van der Waals surface area contributed by atoms with Crippen molar-refractivity contribution < 1.29 is 14.8 Å². The molecule has 0 radical (unpaired) electrons. The zero-order valence-electron chi connectivity index (χ0n) is 18.9. The summed E-state index contributed by atoms with van der Waals surface area (Å²) < 4.78 is 5.14. The molecule has 8 heteroatoms. The Labute approximate surface area is 187 Å². The first-order valence-electron chi connectivity index (χ1n) is 10.7. The van der Waals surface area contributed by atoms with Crippen molar-refractivity contribution in [2.45, 2.75) is 40.8 Å². The van der Waals surface area contributed by atoms with Gasteiger partial charge in [-0.3, -0.25) is 15.8 Å². The summed E-state index contributed by atoms with van der Waals surface area (Å²) in [6.45, 7) is 9.42. The lowest BCUT2D eigenvalue weighted by Crippen LogP contribution is -2.80. The fourth-order valence-corrected chi connectivity index (χ4v) is 4.07. The van der Waals surface area contributed by atoms with Crippen molar-refractivity contribution >= 4 is 23.2 Å². The molecule has 0 saturated carbocycles. The van der Waals surface area contributed by atoms with Crippen LogP contribution in [0.15, 0.2) is 59.1 Å². The van der Waals surface area contributed by atoms with Gasteiger partial charge in [0.05, 0.1) is 23.9 Å². The summed E-state index contributed by atoms with van der Waals surface area (Å²) in [6, 6.07) is 8.38. The quantitative estimate of drug-likeness (QED) is 0.508. The molecule has 1 aromatic carbocycles. The molecule has 0 bridgehead atoms. The monoisotopic (exact) mass is 433 g/mol. The van der Waals surface area contributed by atoms with Crippen molar-refractivity contribution in [2.75, 3.05) is 6.61 Å². The number of aromatic amines is 1. The number of nitrogens with one attached hydrogen (secondary N) is 2. The molecule has 2 aliphatic rings. The number of nitrogens with zero attached hydrogens (tertiary/aromatic N) is 3. The lowest BCUT2D eigenvalue weighted by Gasteiger charge is -2.26. The minimum absolute atomic E-state index is 0.160. The highest BCUT2D eigenvalue weighted by atomic mass is 16.5.